The van der Waals surface area contributed by atoms with Crippen molar-refractivity contribution in [3.8, 4) is 10.6 Å². The highest BCUT2D eigenvalue weighted by molar-refractivity contribution is 7.15. The van der Waals surface area contributed by atoms with Crippen molar-refractivity contribution >= 4 is 11.3 Å². The van der Waals surface area contributed by atoms with E-state index >= 15 is 0 Å². The largest absolute Gasteiger partial charge is 0.321 e. The maximum absolute atomic E-state index is 13.5. The molecule has 0 aliphatic rings. The number of thiazole rings is 1. The van der Waals surface area contributed by atoms with E-state index in [1.54, 1.807) is 6.20 Å². The van der Waals surface area contributed by atoms with Crippen LogP contribution in [0.2, 0.25) is 0 Å². The number of nitrogens with zero attached hydrogens (tertiary/aromatic N) is 1. The van der Waals surface area contributed by atoms with Gasteiger partial charge in [-0.25, -0.2) is 13.8 Å². The Labute approximate surface area is 102 Å². The zero-order valence-corrected chi connectivity index (χ0v) is 10.3. The van der Waals surface area contributed by atoms with E-state index in [-0.39, 0.29) is 5.56 Å². The van der Waals surface area contributed by atoms with Crippen molar-refractivity contribution in [2.75, 3.05) is 0 Å². The standard InChI is InChI=1S/C12H12F2N2S/c1-12(2,15)9-6-16-11(17-9)10-7(13)4-3-5-8(10)14/h3-6H,15H2,1-2H3. The van der Waals surface area contributed by atoms with Crippen molar-refractivity contribution in [3.05, 3.63) is 40.9 Å². The molecule has 0 amide bonds. The van der Waals surface area contributed by atoms with Crippen LogP contribution in [0, 0.1) is 11.6 Å². The average molecular weight is 254 g/mol. The molecule has 90 valence electrons. The maximum atomic E-state index is 13.5. The topological polar surface area (TPSA) is 38.9 Å². The SMILES string of the molecule is CC(C)(N)c1cnc(-c2c(F)cccc2F)s1. The summed E-state index contributed by atoms with van der Waals surface area (Å²) in [5.74, 6) is -1.22. The van der Waals surface area contributed by atoms with Crippen LogP contribution in [0.1, 0.15) is 18.7 Å². The molecule has 1 aromatic carbocycles. The van der Waals surface area contributed by atoms with Crippen molar-refractivity contribution in [2.45, 2.75) is 19.4 Å². The van der Waals surface area contributed by atoms with Gasteiger partial charge in [-0.1, -0.05) is 6.07 Å². The minimum absolute atomic E-state index is 0.0898. The van der Waals surface area contributed by atoms with E-state index in [4.69, 9.17) is 5.73 Å². The van der Waals surface area contributed by atoms with Crippen LogP contribution in [0.3, 0.4) is 0 Å². The van der Waals surface area contributed by atoms with Gasteiger partial charge >= 0.3 is 0 Å². The van der Waals surface area contributed by atoms with Crippen LogP contribution in [0.15, 0.2) is 24.4 Å². The predicted molar refractivity (Wildman–Crippen MR) is 64.7 cm³/mol. The van der Waals surface area contributed by atoms with Gasteiger partial charge in [0.2, 0.25) is 0 Å². The number of nitrogens with two attached hydrogens (primary N) is 1. The van der Waals surface area contributed by atoms with Gasteiger partial charge < -0.3 is 5.73 Å². The van der Waals surface area contributed by atoms with Crippen LogP contribution >= 0.6 is 11.3 Å². The summed E-state index contributed by atoms with van der Waals surface area (Å²) in [4.78, 5) is 4.82. The molecular weight excluding hydrogens is 242 g/mol. The molecule has 1 aromatic heterocycles. The predicted octanol–water partition coefficient (Wildman–Crippen LogP) is 3.28. The van der Waals surface area contributed by atoms with Gasteiger partial charge in [0.15, 0.2) is 0 Å². The van der Waals surface area contributed by atoms with Crippen LogP contribution in [-0.2, 0) is 5.54 Å². The van der Waals surface area contributed by atoms with Gasteiger partial charge in [0, 0.05) is 16.6 Å². The number of hydrogen-bond acceptors (Lipinski definition) is 3. The fourth-order valence-corrected chi connectivity index (χ4v) is 2.37. The molecule has 0 aliphatic carbocycles. The molecule has 1 heterocycles. The van der Waals surface area contributed by atoms with Crippen LogP contribution < -0.4 is 5.73 Å². The third kappa shape index (κ3) is 2.35. The van der Waals surface area contributed by atoms with Crippen molar-refractivity contribution in [3.63, 3.8) is 0 Å². The molecule has 0 aliphatic heterocycles. The van der Waals surface area contributed by atoms with E-state index in [1.165, 1.54) is 29.5 Å². The van der Waals surface area contributed by atoms with Gasteiger partial charge in [-0.2, -0.15) is 0 Å². The van der Waals surface area contributed by atoms with Crippen LogP contribution in [0.25, 0.3) is 10.6 Å². The highest BCUT2D eigenvalue weighted by Crippen LogP contribution is 2.33. The van der Waals surface area contributed by atoms with Crippen LogP contribution in [-0.4, -0.2) is 4.98 Å². The van der Waals surface area contributed by atoms with E-state index in [2.05, 4.69) is 4.98 Å². The molecule has 0 atom stereocenters. The molecule has 0 radical (unpaired) electrons. The Morgan fingerprint density at radius 1 is 1.24 bits per heavy atom. The molecule has 0 fully saturated rings. The lowest BCUT2D eigenvalue weighted by atomic mass is 10.1. The lowest BCUT2D eigenvalue weighted by Crippen LogP contribution is -2.27. The summed E-state index contributed by atoms with van der Waals surface area (Å²) in [5.41, 5.74) is 5.26. The number of hydrogen-bond donors (Lipinski definition) is 1. The monoisotopic (exact) mass is 254 g/mol. The summed E-state index contributed by atoms with van der Waals surface area (Å²) in [5, 5.41) is 0.314. The van der Waals surface area contributed by atoms with Crippen molar-refractivity contribution < 1.29 is 8.78 Å². The van der Waals surface area contributed by atoms with Crippen LogP contribution in [0.5, 0.6) is 0 Å². The minimum Gasteiger partial charge on any atom is -0.321 e. The molecule has 0 saturated carbocycles. The highest BCUT2D eigenvalue weighted by Gasteiger charge is 2.20. The first-order valence-electron chi connectivity index (χ1n) is 5.09. The number of rotatable bonds is 2. The quantitative estimate of drug-likeness (QED) is 0.893. The molecule has 2 N–H and O–H groups in total. The summed E-state index contributed by atoms with van der Waals surface area (Å²) >= 11 is 1.21. The smallest absolute Gasteiger partial charge is 0.136 e. The van der Waals surface area contributed by atoms with Crippen molar-refractivity contribution in [1.82, 2.24) is 4.98 Å². The molecule has 2 nitrogen and oxygen atoms in total. The first-order chi connectivity index (χ1) is 7.89. The number of benzene rings is 1. The van der Waals surface area contributed by atoms with Crippen molar-refractivity contribution in [1.29, 1.82) is 0 Å². The van der Waals surface area contributed by atoms with Crippen LogP contribution in [0.4, 0.5) is 8.78 Å². The summed E-state index contributed by atoms with van der Waals surface area (Å²) in [6.07, 6.45) is 1.56. The molecule has 5 heteroatoms. The third-order valence-electron chi connectivity index (χ3n) is 2.32. The Hall–Kier alpha value is -1.33. The molecule has 2 rings (SSSR count). The van der Waals surface area contributed by atoms with E-state index in [0.717, 1.165) is 4.88 Å². The lowest BCUT2D eigenvalue weighted by molar-refractivity contribution is 0.566. The number of aromatic nitrogens is 1. The lowest BCUT2D eigenvalue weighted by Gasteiger charge is -2.14. The third-order valence-corrected chi connectivity index (χ3v) is 3.67. The molecule has 0 spiro atoms. The summed E-state index contributed by atoms with van der Waals surface area (Å²) in [7, 11) is 0. The summed E-state index contributed by atoms with van der Waals surface area (Å²) in [6, 6.07) is 3.76. The first kappa shape index (κ1) is 12.1. The molecule has 17 heavy (non-hydrogen) atoms. The average Bonchev–Trinajstić information content (AvgIpc) is 2.65. The Kier molecular flexibility index (Phi) is 2.97. The Morgan fingerprint density at radius 2 is 1.82 bits per heavy atom. The Balaban J connectivity index is 2.51. The minimum atomic E-state index is -0.610. The zero-order valence-electron chi connectivity index (χ0n) is 9.50. The second kappa shape index (κ2) is 4.16. The molecule has 0 unspecified atom stereocenters. The van der Waals surface area contributed by atoms with Gasteiger partial charge in [-0.05, 0) is 26.0 Å². The molecule has 0 saturated heterocycles. The summed E-state index contributed by atoms with van der Waals surface area (Å²) < 4.78 is 27.1. The summed E-state index contributed by atoms with van der Waals surface area (Å²) in [6.45, 7) is 3.64. The van der Waals surface area contributed by atoms with Gasteiger partial charge in [-0.15, -0.1) is 11.3 Å². The Bertz CT molecular complexity index is 523. The van der Waals surface area contributed by atoms with Gasteiger partial charge in [0.25, 0.3) is 0 Å². The van der Waals surface area contributed by atoms with Crippen molar-refractivity contribution in [2.24, 2.45) is 5.73 Å². The van der Waals surface area contributed by atoms with Gasteiger partial charge in [0.05, 0.1) is 5.56 Å². The number of halogens is 2. The fraction of sp³-hybridized carbons (Fsp3) is 0.250. The Morgan fingerprint density at radius 3 is 2.29 bits per heavy atom. The van der Waals surface area contributed by atoms with E-state index in [9.17, 15) is 8.78 Å². The fourth-order valence-electron chi connectivity index (χ4n) is 1.39. The van der Waals surface area contributed by atoms with E-state index in [0.29, 0.717) is 5.01 Å². The van der Waals surface area contributed by atoms with Gasteiger partial charge in [0.1, 0.15) is 16.6 Å². The molecule has 0 bridgehead atoms. The maximum Gasteiger partial charge on any atom is 0.136 e. The van der Waals surface area contributed by atoms with E-state index < -0.39 is 17.2 Å². The van der Waals surface area contributed by atoms with Gasteiger partial charge in [-0.3, -0.25) is 0 Å². The second-order valence-electron chi connectivity index (χ2n) is 4.35. The normalized spacial score (nSPS) is 11.8. The highest BCUT2D eigenvalue weighted by atomic mass is 32.1. The second-order valence-corrected chi connectivity index (χ2v) is 5.38. The molecule has 2 aromatic rings. The zero-order chi connectivity index (χ0) is 12.6. The molecular formula is C12H12F2N2S. The van der Waals surface area contributed by atoms with E-state index in [1.807, 2.05) is 13.8 Å². The first-order valence-corrected chi connectivity index (χ1v) is 5.91.